The summed E-state index contributed by atoms with van der Waals surface area (Å²) in [5.74, 6) is -1.07. The molecule has 0 radical (unpaired) electrons. The predicted molar refractivity (Wildman–Crippen MR) is 75.0 cm³/mol. The number of carbonyl (C=O) groups excluding carboxylic acids is 1. The third kappa shape index (κ3) is 2.61. The third-order valence-corrected chi connectivity index (χ3v) is 3.75. The van der Waals surface area contributed by atoms with Crippen LogP contribution in [0.1, 0.15) is 33.0 Å². The molecule has 0 bridgehead atoms. The summed E-state index contributed by atoms with van der Waals surface area (Å²) in [5.41, 5.74) is 3.31. The summed E-state index contributed by atoms with van der Waals surface area (Å²) in [6, 6.07) is 9.26. The van der Waals surface area contributed by atoms with E-state index in [1.165, 1.54) is 6.26 Å². The Morgan fingerprint density at radius 3 is 2.58 bits per heavy atom. The molecule has 19 heavy (non-hydrogen) atoms. The number of hydrogen-bond acceptors (Lipinski definition) is 3. The second kappa shape index (κ2) is 5.41. The number of hydrogen-bond donors (Lipinski definition) is 0. The molecule has 0 amide bonds. The molecule has 2 rings (SSSR count). The Morgan fingerprint density at radius 1 is 1.32 bits per heavy atom. The lowest BCUT2D eigenvalue weighted by atomic mass is 9.91. The maximum atomic E-state index is 12.3. The summed E-state index contributed by atoms with van der Waals surface area (Å²) >= 11 is 3.17. The van der Waals surface area contributed by atoms with Gasteiger partial charge in [-0.2, -0.15) is 5.26 Å². The van der Waals surface area contributed by atoms with Crippen molar-refractivity contribution in [2.24, 2.45) is 0 Å². The molecule has 0 spiro atoms. The quantitative estimate of drug-likeness (QED) is 0.799. The summed E-state index contributed by atoms with van der Waals surface area (Å²) in [7, 11) is 0. The molecule has 96 valence electrons. The first-order chi connectivity index (χ1) is 9.04. The largest absolute Gasteiger partial charge is 0.457 e. The van der Waals surface area contributed by atoms with Gasteiger partial charge >= 0.3 is 0 Å². The summed E-state index contributed by atoms with van der Waals surface area (Å²) in [6.45, 7) is 3.96. The van der Waals surface area contributed by atoms with E-state index >= 15 is 0 Å². The minimum atomic E-state index is -0.812. The van der Waals surface area contributed by atoms with Crippen molar-refractivity contribution >= 4 is 21.7 Å². The Bertz CT molecular complexity index is 667. The average molecular weight is 318 g/mol. The molecule has 1 aromatic heterocycles. The fourth-order valence-electron chi connectivity index (χ4n) is 1.85. The first kappa shape index (κ1) is 13.6. The van der Waals surface area contributed by atoms with Crippen LogP contribution in [0.4, 0.5) is 0 Å². The van der Waals surface area contributed by atoms with E-state index in [4.69, 9.17) is 4.42 Å². The van der Waals surface area contributed by atoms with Gasteiger partial charge in [-0.05, 0) is 52.5 Å². The highest BCUT2D eigenvalue weighted by Crippen LogP contribution is 2.27. The standard InChI is InChI=1S/C15H12BrNO2/c1-9-3-4-11(7-10(9)2)13(8-17)14(18)12-5-6-19-15(12)16/h3-7,13H,1-2H3. The lowest BCUT2D eigenvalue weighted by molar-refractivity contribution is 0.0977. The molecule has 2 aromatic rings. The van der Waals surface area contributed by atoms with E-state index in [0.717, 1.165) is 11.1 Å². The molecule has 0 aliphatic heterocycles. The predicted octanol–water partition coefficient (Wildman–Crippen LogP) is 4.15. The Balaban J connectivity index is 2.41. The molecule has 0 fully saturated rings. The molecule has 1 atom stereocenters. The molecule has 0 aliphatic carbocycles. The number of carbonyl (C=O) groups is 1. The number of nitrogens with zero attached hydrogens (tertiary/aromatic N) is 1. The Labute approximate surface area is 120 Å². The zero-order valence-electron chi connectivity index (χ0n) is 10.6. The average Bonchev–Trinajstić information content (AvgIpc) is 2.80. The van der Waals surface area contributed by atoms with Crippen molar-refractivity contribution < 1.29 is 9.21 Å². The maximum absolute atomic E-state index is 12.3. The van der Waals surface area contributed by atoms with Gasteiger partial charge in [0, 0.05) is 0 Å². The first-order valence-corrected chi connectivity index (χ1v) is 6.58. The number of Topliss-reactive ketones (excluding diaryl/α,β-unsaturated/α-hetero) is 1. The fourth-order valence-corrected chi connectivity index (χ4v) is 2.29. The van der Waals surface area contributed by atoms with E-state index in [1.54, 1.807) is 6.07 Å². The maximum Gasteiger partial charge on any atom is 0.188 e. The highest BCUT2D eigenvalue weighted by atomic mass is 79.9. The molecule has 0 saturated heterocycles. The molecular weight excluding hydrogens is 306 g/mol. The van der Waals surface area contributed by atoms with Crippen molar-refractivity contribution in [2.45, 2.75) is 19.8 Å². The highest BCUT2D eigenvalue weighted by Gasteiger charge is 2.25. The Hall–Kier alpha value is -1.86. The van der Waals surface area contributed by atoms with E-state index in [0.29, 0.717) is 15.8 Å². The van der Waals surface area contributed by atoms with E-state index in [2.05, 4.69) is 22.0 Å². The van der Waals surface area contributed by atoms with Crippen LogP contribution in [0.2, 0.25) is 0 Å². The monoisotopic (exact) mass is 317 g/mol. The van der Waals surface area contributed by atoms with Gasteiger partial charge in [-0.3, -0.25) is 4.79 Å². The lowest BCUT2D eigenvalue weighted by Crippen LogP contribution is -2.11. The van der Waals surface area contributed by atoms with E-state index in [-0.39, 0.29) is 5.78 Å². The van der Waals surface area contributed by atoms with Crippen molar-refractivity contribution in [1.29, 1.82) is 5.26 Å². The van der Waals surface area contributed by atoms with Crippen molar-refractivity contribution in [3.05, 3.63) is 57.5 Å². The number of furan rings is 1. The van der Waals surface area contributed by atoms with Crippen LogP contribution in [-0.4, -0.2) is 5.78 Å². The van der Waals surface area contributed by atoms with Crippen LogP contribution in [-0.2, 0) is 0 Å². The fraction of sp³-hybridized carbons (Fsp3) is 0.200. The summed E-state index contributed by atoms with van der Waals surface area (Å²) in [5, 5.41) is 9.28. The lowest BCUT2D eigenvalue weighted by Gasteiger charge is -2.10. The second-order valence-corrected chi connectivity index (χ2v) is 5.10. The minimum absolute atomic E-state index is 0.258. The first-order valence-electron chi connectivity index (χ1n) is 5.78. The number of ketones is 1. The van der Waals surface area contributed by atoms with Gasteiger partial charge in [0.25, 0.3) is 0 Å². The van der Waals surface area contributed by atoms with Gasteiger partial charge in [-0.1, -0.05) is 18.2 Å². The van der Waals surface area contributed by atoms with Crippen LogP contribution in [0, 0.1) is 25.2 Å². The zero-order valence-corrected chi connectivity index (χ0v) is 12.2. The van der Waals surface area contributed by atoms with Gasteiger partial charge in [-0.25, -0.2) is 0 Å². The Morgan fingerprint density at radius 2 is 2.05 bits per heavy atom. The van der Waals surface area contributed by atoms with Gasteiger partial charge in [0.1, 0.15) is 5.92 Å². The smallest absolute Gasteiger partial charge is 0.188 e. The van der Waals surface area contributed by atoms with Crippen LogP contribution in [0.3, 0.4) is 0 Å². The SMILES string of the molecule is Cc1ccc(C(C#N)C(=O)c2ccoc2Br)cc1C. The van der Waals surface area contributed by atoms with Crippen LogP contribution in [0.25, 0.3) is 0 Å². The minimum Gasteiger partial charge on any atom is -0.457 e. The van der Waals surface area contributed by atoms with Crippen molar-refractivity contribution in [3.63, 3.8) is 0 Å². The summed E-state index contributed by atoms with van der Waals surface area (Å²) < 4.78 is 5.41. The van der Waals surface area contributed by atoms with E-state index in [9.17, 15) is 10.1 Å². The Kier molecular flexibility index (Phi) is 3.87. The molecule has 1 heterocycles. The van der Waals surface area contributed by atoms with Gasteiger partial charge in [-0.15, -0.1) is 0 Å². The van der Waals surface area contributed by atoms with Gasteiger partial charge in [0.2, 0.25) is 0 Å². The molecule has 0 saturated carbocycles. The van der Waals surface area contributed by atoms with E-state index < -0.39 is 5.92 Å². The summed E-state index contributed by atoms with van der Waals surface area (Å²) in [4.78, 5) is 12.3. The number of halogens is 1. The molecular formula is C15H12BrNO2. The zero-order chi connectivity index (χ0) is 14.0. The molecule has 1 unspecified atom stereocenters. The molecule has 3 nitrogen and oxygen atoms in total. The number of aryl methyl sites for hydroxylation is 2. The summed E-state index contributed by atoms with van der Waals surface area (Å²) in [6.07, 6.45) is 1.42. The molecule has 0 N–H and O–H groups in total. The number of benzene rings is 1. The van der Waals surface area contributed by atoms with Crippen LogP contribution in [0.15, 0.2) is 39.6 Å². The van der Waals surface area contributed by atoms with Gasteiger partial charge < -0.3 is 4.42 Å². The molecule has 4 heteroatoms. The molecule has 0 aliphatic rings. The van der Waals surface area contributed by atoms with Crippen LogP contribution >= 0.6 is 15.9 Å². The second-order valence-electron chi connectivity index (χ2n) is 4.38. The molecule has 1 aromatic carbocycles. The van der Waals surface area contributed by atoms with Crippen molar-refractivity contribution in [1.82, 2.24) is 0 Å². The third-order valence-electron chi connectivity index (χ3n) is 3.14. The van der Waals surface area contributed by atoms with Gasteiger partial charge in [0.05, 0.1) is 17.9 Å². The van der Waals surface area contributed by atoms with Crippen molar-refractivity contribution in [3.8, 4) is 6.07 Å². The van der Waals surface area contributed by atoms with Crippen LogP contribution < -0.4 is 0 Å². The topological polar surface area (TPSA) is 54.0 Å². The number of nitriles is 1. The normalized spacial score (nSPS) is 11.9. The highest BCUT2D eigenvalue weighted by molar-refractivity contribution is 9.10. The van der Waals surface area contributed by atoms with E-state index in [1.807, 2.05) is 32.0 Å². The number of rotatable bonds is 3. The van der Waals surface area contributed by atoms with Gasteiger partial charge in [0.15, 0.2) is 10.5 Å². The van der Waals surface area contributed by atoms with Crippen LogP contribution in [0.5, 0.6) is 0 Å². The van der Waals surface area contributed by atoms with Crippen molar-refractivity contribution in [2.75, 3.05) is 0 Å².